The largest absolute Gasteiger partial charge is 2.00 e. The van der Waals surface area contributed by atoms with Crippen molar-refractivity contribution in [1.29, 1.82) is 0 Å². The molecule has 1 aromatic rings. The maximum absolute atomic E-state index is 10.2. The molecule has 0 bridgehead atoms. The Kier molecular flexibility index (Phi) is 19.4. The van der Waals surface area contributed by atoms with Gasteiger partial charge in [-0.05, 0) is 24.1 Å². The van der Waals surface area contributed by atoms with Crippen LogP contribution < -0.4 is 39.1 Å². The summed E-state index contributed by atoms with van der Waals surface area (Å²) >= 11 is 0. The summed E-state index contributed by atoms with van der Waals surface area (Å²) in [6.45, 7) is 1.97. The molecule has 1 aromatic carbocycles. The van der Waals surface area contributed by atoms with Crippen LogP contribution in [0.15, 0.2) is 24.3 Å². The third-order valence-electron chi connectivity index (χ3n) is 1.55. The van der Waals surface area contributed by atoms with E-state index in [0.29, 0.717) is 0 Å². The van der Waals surface area contributed by atoms with Crippen molar-refractivity contribution in [2.24, 2.45) is 0 Å². The van der Waals surface area contributed by atoms with Gasteiger partial charge < -0.3 is 43.7 Å². The Labute approximate surface area is 145 Å². The third kappa shape index (κ3) is 12.1. The van der Waals surface area contributed by atoms with Gasteiger partial charge in [0.15, 0.2) is 0 Å². The van der Waals surface area contributed by atoms with E-state index in [2.05, 4.69) is 4.52 Å². The Hall–Kier alpha value is 1.28. The fraction of sp³-hybridized carbons (Fsp3) is 0.250. The number of hydrogen-bond donors (Lipinski definition) is 0. The molecular weight excluding hydrogens is 311 g/mol. The van der Waals surface area contributed by atoms with Crippen molar-refractivity contribution in [3.8, 4) is 5.75 Å². The summed E-state index contributed by atoms with van der Waals surface area (Å²) in [4.78, 5) is 20.4. The minimum absolute atomic E-state index is 0. The van der Waals surface area contributed by atoms with Crippen molar-refractivity contribution in [3.05, 3.63) is 29.8 Å². The molecule has 0 aliphatic carbocycles. The number of phosphoric acid groups is 1. The van der Waals surface area contributed by atoms with Gasteiger partial charge >= 0.3 is 46.1 Å². The monoisotopic (exact) mass is 318 g/mol. The minimum Gasteiger partial charge on any atom is -1.00 e. The van der Waals surface area contributed by atoms with Crippen molar-refractivity contribution >= 4 is 53.9 Å². The zero-order valence-corrected chi connectivity index (χ0v) is 14.5. The zero-order chi connectivity index (χ0) is 9.90. The predicted molar refractivity (Wildman–Crippen MR) is 55.6 cm³/mol. The molecule has 0 saturated carbocycles. The molecule has 0 radical (unpaired) electrons. The van der Waals surface area contributed by atoms with E-state index in [0.717, 1.165) is 12.0 Å². The van der Waals surface area contributed by atoms with Gasteiger partial charge in [0.2, 0.25) is 0 Å². The van der Waals surface area contributed by atoms with Gasteiger partial charge in [0.25, 0.3) is 0 Å². The molecule has 88 valence electrons. The van der Waals surface area contributed by atoms with Crippen LogP contribution in [0, 0.1) is 0 Å². The van der Waals surface area contributed by atoms with Crippen molar-refractivity contribution in [2.45, 2.75) is 13.3 Å². The van der Waals surface area contributed by atoms with Crippen molar-refractivity contribution in [3.63, 3.8) is 0 Å². The Balaban J connectivity index is -0.000000211. The Morgan fingerprint density at radius 1 is 1.12 bits per heavy atom. The van der Waals surface area contributed by atoms with Crippen LogP contribution in [0.1, 0.15) is 12.5 Å². The summed E-state index contributed by atoms with van der Waals surface area (Å²) in [5.41, 5.74) is 1.05. The first-order valence-electron chi connectivity index (χ1n) is 3.82. The third-order valence-corrected chi connectivity index (χ3v) is 1.98. The second kappa shape index (κ2) is 12.3. The van der Waals surface area contributed by atoms with E-state index in [9.17, 15) is 14.4 Å². The van der Waals surface area contributed by atoms with E-state index >= 15 is 0 Å². The summed E-state index contributed by atoms with van der Waals surface area (Å²) in [5, 5.41) is 0. The number of halogens is 2. The van der Waals surface area contributed by atoms with Crippen LogP contribution in [0.4, 0.5) is 0 Å². The average molecular weight is 320 g/mol. The van der Waals surface area contributed by atoms with E-state index < -0.39 is 7.82 Å². The molecule has 0 unspecified atom stereocenters. The van der Waals surface area contributed by atoms with Gasteiger partial charge in [-0.3, -0.25) is 0 Å². The molecule has 0 aliphatic heterocycles. The molecule has 4 nitrogen and oxygen atoms in total. The summed E-state index contributed by atoms with van der Waals surface area (Å²) in [6, 6.07) is 6.35. The van der Waals surface area contributed by atoms with Crippen LogP contribution in [0.25, 0.3) is 0 Å². The Morgan fingerprint density at radius 2 is 1.53 bits per heavy atom. The maximum atomic E-state index is 10.2. The molecule has 0 aromatic heterocycles. The van der Waals surface area contributed by atoms with Gasteiger partial charge in [0.1, 0.15) is 13.6 Å². The van der Waals surface area contributed by atoms with Gasteiger partial charge in [-0.15, -0.1) is 0 Å². The molecule has 0 fully saturated rings. The first-order chi connectivity index (χ1) is 6.01. The average Bonchev–Trinajstić information content (AvgIpc) is 2.03. The Morgan fingerprint density at radius 3 is 1.82 bits per heavy atom. The van der Waals surface area contributed by atoms with Crippen LogP contribution in [-0.2, 0) is 11.0 Å². The molecular formula is C8H9Cl2Mg2O4P. The molecule has 0 amide bonds. The molecule has 17 heavy (non-hydrogen) atoms. The fourth-order valence-electron chi connectivity index (χ4n) is 0.915. The molecule has 0 aliphatic rings. The van der Waals surface area contributed by atoms with Crippen molar-refractivity contribution in [1.82, 2.24) is 0 Å². The summed E-state index contributed by atoms with van der Waals surface area (Å²) < 4.78 is 14.4. The van der Waals surface area contributed by atoms with Gasteiger partial charge in [-0.2, -0.15) is 0 Å². The van der Waals surface area contributed by atoms with E-state index in [4.69, 9.17) is 0 Å². The molecule has 0 spiro atoms. The topological polar surface area (TPSA) is 72.4 Å². The Bertz CT molecular complexity index is 331. The van der Waals surface area contributed by atoms with Crippen LogP contribution in [-0.4, -0.2) is 46.1 Å². The molecule has 0 N–H and O–H groups in total. The number of aryl methyl sites for hydroxylation is 1. The fourth-order valence-corrected chi connectivity index (χ4v) is 1.30. The quantitative estimate of drug-likeness (QED) is 0.410. The van der Waals surface area contributed by atoms with Gasteiger partial charge in [-0.1, -0.05) is 19.1 Å². The normalized spacial score (nSPS) is 8.65. The number of benzene rings is 1. The molecule has 9 heteroatoms. The predicted octanol–water partition coefficient (Wildman–Crippen LogP) is -6.30. The maximum Gasteiger partial charge on any atom is 2.00 e. The van der Waals surface area contributed by atoms with Crippen LogP contribution in [0.2, 0.25) is 0 Å². The molecule has 0 saturated heterocycles. The van der Waals surface area contributed by atoms with Crippen molar-refractivity contribution < 1.29 is 43.7 Å². The smallest absolute Gasteiger partial charge is 1.00 e. The second-order valence-electron chi connectivity index (χ2n) is 2.54. The first-order valence-corrected chi connectivity index (χ1v) is 5.28. The van der Waals surface area contributed by atoms with E-state index in [1.54, 1.807) is 12.1 Å². The molecule has 0 heterocycles. The summed E-state index contributed by atoms with van der Waals surface area (Å²) in [5.74, 6) is 0.0607. The van der Waals surface area contributed by atoms with Gasteiger partial charge in [-0.25, -0.2) is 0 Å². The standard InChI is InChI=1S/C8H11O4P.2ClH.2Mg/c1-2-7-3-5-8(6-4-7)12-13(9,10)11;;;;/h3-6H,2H2,1H3,(H2,9,10,11);2*1H;;/q;;;2*+2/p-4. The summed E-state index contributed by atoms with van der Waals surface area (Å²) in [6.07, 6.45) is 0.854. The number of rotatable bonds is 3. The van der Waals surface area contributed by atoms with E-state index in [1.165, 1.54) is 12.1 Å². The van der Waals surface area contributed by atoms with Crippen LogP contribution >= 0.6 is 7.82 Å². The number of hydrogen-bond acceptors (Lipinski definition) is 4. The van der Waals surface area contributed by atoms with E-state index in [1.807, 2.05) is 6.92 Å². The second-order valence-corrected chi connectivity index (χ2v) is 3.61. The van der Waals surface area contributed by atoms with Crippen LogP contribution in [0.5, 0.6) is 5.75 Å². The van der Waals surface area contributed by atoms with Gasteiger partial charge in [0, 0.05) is 0 Å². The SMILES string of the molecule is CCc1ccc(OP(=O)([O-])[O-])cc1.[Cl-].[Cl-].[Mg+2].[Mg+2]. The van der Waals surface area contributed by atoms with Gasteiger partial charge in [0.05, 0.1) is 0 Å². The first kappa shape index (κ1) is 26.8. The van der Waals surface area contributed by atoms with Crippen LogP contribution in [0.3, 0.4) is 0 Å². The summed E-state index contributed by atoms with van der Waals surface area (Å²) in [7, 11) is -4.91. The minimum atomic E-state index is -4.91. The number of phosphoric ester groups is 1. The molecule has 0 atom stereocenters. The van der Waals surface area contributed by atoms with Crippen molar-refractivity contribution in [2.75, 3.05) is 0 Å². The molecule has 1 rings (SSSR count). The zero-order valence-electron chi connectivity index (χ0n) is 9.27. The van der Waals surface area contributed by atoms with E-state index in [-0.39, 0.29) is 76.7 Å².